The molecule has 0 amide bonds. The smallest absolute Gasteiger partial charge is 0.165 e. The van der Waals surface area contributed by atoms with Crippen molar-refractivity contribution in [2.75, 3.05) is 0 Å². The number of aryl methyl sites for hydroxylation is 1. The Hall–Kier alpha value is -1.84. The maximum Gasteiger partial charge on any atom is 0.246 e. The molecular weight excluding hydrogens is 452 g/mol. The molecule has 5 heteroatoms. The van der Waals surface area contributed by atoms with Crippen molar-refractivity contribution in [2.45, 2.75) is 19.3 Å². The Balaban J connectivity index is 0.00000144. The molecule has 3 aromatic rings. The van der Waals surface area contributed by atoms with Gasteiger partial charge in [0.1, 0.15) is 12.3 Å². The molecule has 2 aromatic carbocycles. The van der Waals surface area contributed by atoms with Crippen molar-refractivity contribution in [3.8, 4) is 16.8 Å². The van der Waals surface area contributed by atoms with E-state index in [2.05, 4.69) is 66.6 Å². The van der Waals surface area contributed by atoms with Crippen LogP contribution in [0.1, 0.15) is 25.0 Å². The van der Waals surface area contributed by atoms with Crippen molar-refractivity contribution in [2.24, 2.45) is 7.05 Å². The van der Waals surface area contributed by atoms with Crippen LogP contribution in [0.2, 0.25) is 0 Å². The van der Waals surface area contributed by atoms with Crippen molar-refractivity contribution in [3.63, 3.8) is 0 Å². The first-order valence-electron chi connectivity index (χ1n) is 7.02. The van der Waals surface area contributed by atoms with E-state index in [0.717, 1.165) is 5.69 Å². The van der Waals surface area contributed by atoms with E-state index in [9.17, 15) is 0 Å². The molecule has 113 valence electrons. The minimum atomic E-state index is -0.00881. The summed E-state index contributed by atoms with van der Waals surface area (Å²) >= 11 is 0. The van der Waals surface area contributed by atoms with E-state index >= 15 is 0 Å². The Morgan fingerprint density at radius 3 is 2.64 bits per heavy atom. The van der Waals surface area contributed by atoms with Crippen molar-refractivity contribution in [1.29, 1.82) is 0 Å². The van der Waals surface area contributed by atoms with E-state index in [-0.39, 0.29) is 25.5 Å². The van der Waals surface area contributed by atoms with Gasteiger partial charge in [0, 0.05) is 20.1 Å². The molecule has 0 aliphatic heterocycles. The van der Waals surface area contributed by atoms with Crippen molar-refractivity contribution < 1.29 is 24.9 Å². The van der Waals surface area contributed by atoms with Gasteiger partial charge in [-0.1, -0.05) is 43.7 Å². The van der Waals surface area contributed by atoms with E-state index in [4.69, 9.17) is 0 Å². The molecule has 0 saturated heterocycles. The fraction of sp³-hybridized carbons (Fsp3) is 0.235. The third kappa shape index (κ3) is 2.04. The van der Waals surface area contributed by atoms with Gasteiger partial charge in [-0.3, -0.25) is 0 Å². The quantitative estimate of drug-likeness (QED) is 0.406. The molecular formula is C17H16IrN4. The summed E-state index contributed by atoms with van der Waals surface area (Å²) in [5.74, 6) is 0. The minimum Gasteiger partial charge on any atom is -0.165 e. The summed E-state index contributed by atoms with van der Waals surface area (Å²) < 4.78 is 1.68. The SMILES string of the molecule is Cn1cn[n+](-c2[c-]cc3c(c2)C(C)(C)c2ccccc2-3)n1.[Ir]. The number of aromatic nitrogens is 4. The third-order valence-corrected chi connectivity index (χ3v) is 4.27. The monoisotopic (exact) mass is 469 g/mol. The summed E-state index contributed by atoms with van der Waals surface area (Å²) in [6.45, 7) is 4.52. The summed E-state index contributed by atoms with van der Waals surface area (Å²) in [5, 5.41) is 8.54. The number of hydrogen-bond donors (Lipinski definition) is 0. The maximum atomic E-state index is 4.29. The molecule has 0 fully saturated rings. The van der Waals surface area contributed by atoms with Gasteiger partial charge < -0.3 is 0 Å². The molecule has 22 heavy (non-hydrogen) atoms. The Morgan fingerprint density at radius 2 is 1.91 bits per heavy atom. The first kappa shape index (κ1) is 15.1. The predicted octanol–water partition coefficient (Wildman–Crippen LogP) is 2.20. The number of fused-ring (bicyclic) bond motifs is 3. The summed E-state index contributed by atoms with van der Waals surface area (Å²) in [6.07, 6.45) is 1.68. The van der Waals surface area contributed by atoms with Crippen LogP contribution in [-0.2, 0) is 32.6 Å². The molecule has 0 atom stereocenters. The van der Waals surface area contributed by atoms with E-state index < -0.39 is 0 Å². The zero-order chi connectivity index (χ0) is 14.6. The molecule has 4 nitrogen and oxygen atoms in total. The Labute approximate surface area is 143 Å². The fourth-order valence-electron chi connectivity index (χ4n) is 3.16. The Morgan fingerprint density at radius 1 is 1.14 bits per heavy atom. The van der Waals surface area contributed by atoms with Gasteiger partial charge in [-0.15, -0.1) is 27.9 Å². The van der Waals surface area contributed by atoms with Crippen LogP contribution in [0.4, 0.5) is 0 Å². The first-order valence-corrected chi connectivity index (χ1v) is 7.02. The molecule has 1 heterocycles. The average Bonchev–Trinajstić information content (AvgIpc) is 3.01. The van der Waals surface area contributed by atoms with Crippen LogP contribution in [0.3, 0.4) is 0 Å². The van der Waals surface area contributed by atoms with Gasteiger partial charge >= 0.3 is 0 Å². The van der Waals surface area contributed by atoms with Crippen LogP contribution in [-0.4, -0.2) is 15.0 Å². The molecule has 0 spiro atoms. The van der Waals surface area contributed by atoms with Gasteiger partial charge in [-0.2, -0.15) is 6.07 Å². The van der Waals surface area contributed by atoms with Crippen LogP contribution < -0.4 is 4.80 Å². The second-order valence-corrected chi connectivity index (χ2v) is 6.00. The molecule has 0 N–H and O–H groups in total. The standard InChI is InChI=1S/C17H16N4.Ir/c1-17(2)15-7-5-4-6-13(15)14-9-8-12(10-16(14)17)21-18-11-20(3)19-21;/h4-7,9-11H,1-3H3;. The van der Waals surface area contributed by atoms with Crippen molar-refractivity contribution in [1.82, 2.24) is 15.0 Å². The number of nitrogens with zero attached hydrogens (tertiary/aromatic N) is 4. The van der Waals surface area contributed by atoms with Crippen LogP contribution in [0.5, 0.6) is 0 Å². The summed E-state index contributed by atoms with van der Waals surface area (Å²) in [4.78, 5) is 1.61. The number of rotatable bonds is 1. The first-order chi connectivity index (χ1) is 10.1. The Kier molecular flexibility index (Phi) is 3.50. The van der Waals surface area contributed by atoms with Crippen LogP contribution >= 0.6 is 0 Å². The van der Waals surface area contributed by atoms with Gasteiger partial charge in [-0.25, -0.2) is 0 Å². The minimum absolute atomic E-state index is 0. The molecule has 4 rings (SSSR count). The van der Waals surface area contributed by atoms with E-state index in [1.165, 1.54) is 22.3 Å². The normalized spacial score (nSPS) is 14.1. The summed E-state index contributed by atoms with van der Waals surface area (Å²) in [7, 11) is 1.86. The fourth-order valence-corrected chi connectivity index (χ4v) is 3.16. The van der Waals surface area contributed by atoms with Gasteiger partial charge in [0.25, 0.3) is 0 Å². The van der Waals surface area contributed by atoms with Crippen molar-refractivity contribution in [3.05, 3.63) is 59.9 Å². The van der Waals surface area contributed by atoms with E-state index in [0.29, 0.717) is 0 Å². The number of tetrazole rings is 1. The second-order valence-electron chi connectivity index (χ2n) is 6.00. The molecule has 0 bridgehead atoms. The van der Waals surface area contributed by atoms with E-state index in [1.807, 2.05) is 7.05 Å². The van der Waals surface area contributed by atoms with Crippen LogP contribution in [0.25, 0.3) is 16.8 Å². The zero-order valence-electron chi connectivity index (χ0n) is 12.7. The maximum absolute atomic E-state index is 4.29. The number of hydrogen-bond acceptors (Lipinski definition) is 2. The third-order valence-electron chi connectivity index (χ3n) is 4.27. The molecule has 1 aromatic heterocycles. The van der Waals surface area contributed by atoms with Gasteiger partial charge in [0.2, 0.25) is 6.33 Å². The predicted molar refractivity (Wildman–Crippen MR) is 78.9 cm³/mol. The van der Waals surface area contributed by atoms with Crippen LogP contribution in [0.15, 0.2) is 42.7 Å². The zero-order valence-corrected chi connectivity index (χ0v) is 15.1. The van der Waals surface area contributed by atoms with Gasteiger partial charge in [-0.05, 0) is 20.9 Å². The second kappa shape index (κ2) is 5.11. The van der Waals surface area contributed by atoms with Crippen molar-refractivity contribution >= 4 is 0 Å². The summed E-state index contributed by atoms with van der Waals surface area (Å²) in [6, 6.07) is 16.1. The summed E-state index contributed by atoms with van der Waals surface area (Å²) in [5.41, 5.74) is 6.10. The van der Waals surface area contributed by atoms with E-state index in [1.54, 1.807) is 15.8 Å². The molecule has 1 radical (unpaired) electrons. The topological polar surface area (TPSA) is 34.6 Å². The number of benzene rings is 2. The largest absolute Gasteiger partial charge is 0.246 e. The average molecular weight is 469 g/mol. The molecule has 1 aliphatic rings. The van der Waals surface area contributed by atoms with Gasteiger partial charge in [0.05, 0.1) is 5.69 Å². The van der Waals surface area contributed by atoms with Gasteiger partial charge in [0.15, 0.2) is 0 Å². The molecule has 0 saturated carbocycles. The Bertz CT molecular complexity index is 851. The molecule has 1 aliphatic carbocycles. The van der Waals surface area contributed by atoms with Crippen LogP contribution in [0, 0.1) is 6.07 Å². The molecule has 0 unspecified atom stereocenters.